The van der Waals surface area contributed by atoms with E-state index >= 15 is 0 Å². The molecule has 6 heteroatoms. The molecule has 136 valence electrons. The molecule has 3 heterocycles. The summed E-state index contributed by atoms with van der Waals surface area (Å²) in [6.07, 6.45) is 3.58. The summed E-state index contributed by atoms with van der Waals surface area (Å²) < 4.78 is 16.6. The molecule has 5 aromatic rings. The first-order valence-corrected chi connectivity index (χ1v) is 9.76. The summed E-state index contributed by atoms with van der Waals surface area (Å²) in [7, 11) is 0. The van der Waals surface area contributed by atoms with Crippen LogP contribution in [0.3, 0.4) is 0 Å². The second-order valence-electron chi connectivity index (χ2n) is 6.38. The highest BCUT2D eigenvalue weighted by atomic mass is 79.9. The SMILES string of the molecule is Fc1ccc(-c2cc3cccnc3n3c(-c4ccccc4Br)cnc23)c(Cl)c1. The van der Waals surface area contributed by atoms with Crippen LogP contribution in [-0.4, -0.2) is 14.4 Å². The summed E-state index contributed by atoms with van der Waals surface area (Å²) in [5.41, 5.74) is 4.97. The van der Waals surface area contributed by atoms with Crippen LogP contribution in [0.1, 0.15) is 0 Å². The Kier molecular flexibility index (Phi) is 4.14. The first-order valence-electron chi connectivity index (χ1n) is 8.59. The van der Waals surface area contributed by atoms with Gasteiger partial charge in [-0.15, -0.1) is 0 Å². The van der Waals surface area contributed by atoms with Gasteiger partial charge in [-0.1, -0.05) is 45.7 Å². The van der Waals surface area contributed by atoms with E-state index in [1.807, 2.05) is 53.1 Å². The van der Waals surface area contributed by atoms with Crippen molar-refractivity contribution in [2.45, 2.75) is 0 Å². The standard InChI is InChI=1S/C22H12BrClFN3/c23-18-6-2-1-5-16(18)20-12-27-22-17(15-8-7-14(25)11-19(15)24)10-13-4-3-9-26-21(13)28(20)22/h1-12H. The van der Waals surface area contributed by atoms with Gasteiger partial charge < -0.3 is 0 Å². The molecule has 0 aliphatic heterocycles. The second kappa shape index (κ2) is 6.69. The van der Waals surface area contributed by atoms with E-state index in [4.69, 9.17) is 11.6 Å². The number of hydrogen-bond acceptors (Lipinski definition) is 2. The Morgan fingerprint density at radius 2 is 1.71 bits per heavy atom. The normalized spacial score (nSPS) is 11.4. The van der Waals surface area contributed by atoms with Crippen LogP contribution in [0.25, 0.3) is 39.1 Å². The quantitative estimate of drug-likeness (QED) is 0.296. The van der Waals surface area contributed by atoms with E-state index in [1.165, 1.54) is 12.1 Å². The summed E-state index contributed by atoms with van der Waals surface area (Å²) in [6, 6.07) is 18.3. The first-order chi connectivity index (χ1) is 13.6. The maximum Gasteiger partial charge on any atom is 0.146 e. The Balaban J connectivity index is 1.92. The van der Waals surface area contributed by atoms with Gasteiger partial charge in [0.05, 0.1) is 16.9 Å². The van der Waals surface area contributed by atoms with Gasteiger partial charge in [-0.05, 0) is 42.5 Å². The van der Waals surface area contributed by atoms with Gasteiger partial charge in [0, 0.05) is 32.7 Å². The molecule has 0 fully saturated rings. The largest absolute Gasteiger partial charge is 0.276 e. The molecule has 5 rings (SSSR count). The topological polar surface area (TPSA) is 30.2 Å². The monoisotopic (exact) mass is 451 g/mol. The van der Waals surface area contributed by atoms with Crippen molar-refractivity contribution >= 4 is 44.2 Å². The van der Waals surface area contributed by atoms with Gasteiger partial charge in [0.25, 0.3) is 0 Å². The number of benzene rings is 2. The average molecular weight is 453 g/mol. The fourth-order valence-corrected chi connectivity index (χ4v) is 4.21. The maximum atomic E-state index is 13.6. The van der Waals surface area contributed by atoms with Crippen molar-refractivity contribution in [3.8, 4) is 22.4 Å². The van der Waals surface area contributed by atoms with Crippen LogP contribution >= 0.6 is 27.5 Å². The Bertz CT molecular complexity index is 1360. The van der Waals surface area contributed by atoms with Crippen molar-refractivity contribution in [1.29, 1.82) is 0 Å². The molecular formula is C22H12BrClFN3. The Hall–Kier alpha value is -2.76. The van der Waals surface area contributed by atoms with Crippen molar-refractivity contribution in [2.75, 3.05) is 0 Å². The smallest absolute Gasteiger partial charge is 0.146 e. The lowest BCUT2D eigenvalue weighted by molar-refractivity contribution is 0.628. The molecule has 0 aliphatic carbocycles. The number of imidazole rings is 1. The van der Waals surface area contributed by atoms with Crippen LogP contribution in [0.15, 0.2) is 77.5 Å². The molecule has 0 aliphatic rings. The van der Waals surface area contributed by atoms with Crippen molar-refractivity contribution in [1.82, 2.24) is 14.4 Å². The minimum atomic E-state index is -0.371. The Morgan fingerprint density at radius 3 is 2.54 bits per heavy atom. The van der Waals surface area contributed by atoms with Crippen molar-refractivity contribution in [3.63, 3.8) is 0 Å². The Labute approximate surface area is 173 Å². The molecule has 0 saturated carbocycles. The summed E-state index contributed by atoms with van der Waals surface area (Å²) in [5, 5.41) is 1.28. The van der Waals surface area contributed by atoms with Gasteiger partial charge in [-0.3, -0.25) is 4.40 Å². The third-order valence-electron chi connectivity index (χ3n) is 4.70. The molecule has 0 amide bonds. The van der Waals surface area contributed by atoms with Crippen LogP contribution in [0, 0.1) is 5.82 Å². The van der Waals surface area contributed by atoms with Crippen molar-refractivity contribution in [2.24, 2.45) is 0 Å². The van der Waals surface area contributed by atoms with E-state index in [0.29, 0.717) is 10.7 Å². The average Bonchev–Trinajstić information content (AvgIpc) is 3.13. The molecule has 0 atom stereocenters. The molecule has 0 bridgehead atoms. The zero-order valence-corrected chi connectivity index (χ0v) is 16.7. The molecule has 28 heavy (non-hydrogen) atoms. The van der Waals surface area contributed by atoms with Crippen LogP contribution < -0.4 is 0 Å². The first kappa shape index (κ1) is 17.3. The molecule has 3 nitrogen and oxygen atoms in total. The van der Waals surface area contributed by atoms with Crippen LogP contribution in [-0.2, 0) is 0 Å². The number of rotatable bonds is 2. The summed E-state index contributed by atoms with van der Waals surface area (Å²) >= 11 is 9.99. The van der Waals surface area contributed by atoms with E-state index in [9.17, 15) is 4.39 Å². The van der Waals surface area contributed by atoms with Gasteiger partial charge in [0.2, 0.25) is 0 Å². The molecule has 0 unspecified atom stereocenters. The minimum Gasteiger partial charge on any atom is -0.276 e. The van der Waals surface area contributed by atoms with Crippen LogP contribution in [0.5, 0.6) is 0 Å². The van der Waals surface area contributed by atoms with Crippen molar-refractivity contribution < 1.29 is 4.39 Å². The van der Waals surface area contributed by atoms with E-state index in [2.05, 4.69) is 25.9 Å². The highest BCUT2D eigenvalue weighted by molar-refractivity contribution is 9.10. The number of nitrogens with zero attached hydrogens (tertiary/aromatic N) is 3. The fraction of sp³-hybridized carbons (Fsp3) is 0. The molecular weight excluding hydrogens is 441 g/mol. The van der Waals surface area contributed by atoms with E-state index in [-0.39, 0.29) is 5.82 Å². The number of pyridine rings is 2. The van der Waals surface area contributed by atoms with Crippen molar-refractivity contribution in [3.05, 3.63) is 88.4 Å². The maximum absolute atomic E-state index is 13.6. The predicted octanol–water partition coefficient (Wildman–Crippen LogP) is 6.77. The van der Waals surface area contributed by atoms with E-state index < -0.39 is 0 Å². The molecule has 3 aromatic heterocycles. The molecule has 0 saturated heterocycles. The molecule has 0 N–H and O–H groups in total. The number of fused-ring (bicyclic) bond motifs is 3. The summed E-state index contributed by atoms with van der Waals surface area (Å²) in [5.74, 6) is -0.371. The number of hydrogen-bond donors (Lipinski definition) is 0. The lowest BCUT2D eigenvalue weighted by atomic mass is 10.0. The Morgan fingerprint density at radius 1 is 0.857 bits per heavy atom. The van der Waals surface area contributed by atoms with E-state index in [0.717, 1.165) is 37.9 Å². The van der Waals surface area contributed by atoms with Gasteiger partial charge in [-0.25, -0.2) is 14.4 Å². The third kappa shape index (κ3) is 2.70. The zero-order valence-electron chi connectivity index (χ0n) is 14.4. The van der Waals surface area contributed by atoms with E-state index in [1.54, 1.807) is 12.3 Å². The van der Waals surface area contributed by atoms with Gasteiger partial charge in [-0.2, -0.15) is 0 Å². The van der Waals surface area contributed by atoms with Crippen LogP contribution in [0.4, 0.5) is 4.39 Å². The summed E-state index contributed by atoms with van der Waals surface area (Å²) in [6.45, 7) is 0. The zero-order chi connectivity index (χ0) is 19.3. The second-order valence-corrected chi connectivity index (χ2v) is 7.64. The van der Waals surface area contributed by atoms with Gasteiger partial charge in [0.1, 0.15) is 17.1 Å². The van der Waals surface area contributed by atoms with Gasteiger partial charge in [0.15, 0.2) is 0 Å². The lowest BCUT2D eigenvalue weighted by Gasteiger charge is -2.12. The third-order valence-corrected chi connectivity index (χ3v) is 5.71. The molecule has 2 aromatic carbocycles. The van der Waals surface area contributed by atoms with Gasteiger partial charge >= 0.3 is 0 Å². The van der Waals surface area contributed by atoms with Crippen LogP contribution in [0.2, 0.25) is 5.02 Å². The summed E-state index contributed by atoms with van der Waals surface area (Å²) in [4.78, 5) is 9.26. The molecule has 0 spiro atoms. The number of aromatic nitrogens is 3. The minimum absolute atomic E-state index is 0.343. The predicted molar refractivity (Wildman–Crippen MR) is 114 cm³/mol. The lowest BCUT2D eigenvalue weighted by Crippen LogP contribution is -1.97. The fourth-order valence-electron chi connectivity index (χ4n) is 3.45. The number of halogens is 3. The highest BCUT2D eigenvalue weighted by Crippen LogP contribution is 2.37. The highest BCUT2D eigenvalue weighted by Gasteiger charge is 2.18. The molecule has 0 radical (unpaired) electrons.